The normalized spacial score (nSPS) is 20.5. The average molecular weight is 370 g/mol. The number of pyridine rings is 1. The van der Waals surface area contributed by atoms with Crippen LogP contribution in [0.15, 0.2) is 24.4 Å². The molecular weight excluding hydrogens is 338 g/mol. The number of aromatic nitrogens is 1. The summed E-state index contributed by atoms with van der Waals surface area (Å²) in [5.74, 6) is 2.97. The van der Waals surface area contributed by atoms with Gasteiger partial charge in [0.2, 0.25) is 0 Å². The molecule has 0 amide bonds. The summed E-state index contributed by atoms with van der Waals surface area (Å²) in [6, 6.07) is 6.14. The number of ether oxygens (including phenoxy) is 2. The molecule has 1 aliphatic carbocycles. The summed E-state index contributed by atoms with van der Waals surface area (Å²) in [6.07, 6.45) is 7.97. The molecule has 0 bridgehead atoms. The van der Waals surface area contributed by atoms with Crippen LogP contribution in [-0.2, 0) is 0 Å². The van der Waals surface area contributed by atoms with E-state index in [0.29, 0.717) is 0 Å². The third kappa shape index (κ3) is 3.70. The maximum Gasteiger partial charge on any atom is 0.162 e. The molecule has 2 aliphatic rings. The van der Waals surface area contributed by atoms with E-state index in [2.05, 4.69) is 28.9 Å². The standard InChI is InChI=1S/C22H31N3O2/c1-15(14-22(23)7-8-22)16-5-10-25(11-6-16)19-4-9-24-18-13-21(27-3)20(26-2)12-17(18)19/h4,9,12-13,15-16H,5-8,10-11,14,23H2,1-3H3. The van der Waals surface area contributed by atoms with E-state index in [0.717, 1.165) is 47.3 Å². The molecule has 0 spiro atoms. The lowest BCUT2D eigenvalue weighted by molar-refractivity contribution is 0.261. The minimum absolute atomic E-state index is 0.160. The fourth-order valence-corrected chi connectivity index (χ4v) is 4.62. The van der Waals surface area contributed by atoms with Gasteiger partial charge < -0.3 is 20.1 Å². The highest BCUT2D eigenvalue weighted by Gasteiger charge is 2.40. The van der Waals surface area contributed by atoms with Crippen molar-refractivity contribution in [3.8, 4) is 11.5 Å². The van der Waals surface area contributed by atoms with Gasteiger partial charge in [-0.1, -0.05) is 6.92 Å². The van der Waals surface area contributed by atoms with E-state index in [1.54, 1.807) is 14.2 Å². The quantitative estimate of drug-likeness (QED) is 0.834. The van der Waals surface area contributed by atoms with Gasteiger partial charge in [0.05, 0.1) is 19.7 Å². The van der Waals surface area contributed by atoms with Crippen molar-refractivity contribution < 1.29 is 9.47 Å². The topological polar surface area (TPSA) is 60.6 Å². The van der Waals surface area contributed by atoms with Gasteiger partial charge >= 0.3 is 0 Å². The Morgan fingerprint density at radius 3 is 2.48 bits per heavy atom. The fourth-order valence-electron chi connectivity index (χ4n) is 4.62. The molecule has 5 heteroatoms. The van der Waals surface area contributed by atoms with Crippen LogP contribution < -0.4 is 20.1 Å². The summed E-state index contributed by atoms with van der Waals surface area (Å²) in [5, 5.41) is 1.13. The van der Waals surface area contributed by atoms with E-state index in [1.165, 1.54) is 37.8 Å². The first-order chi connectivity index (χ1) is 13.0. The number of nitrogens with zero attached hydrogens (tertiary/aromatic N) is 2. The molecule has 1 aromatic carbocycles. The van der Waals surface area contributed by atoms with Crippen molar-refractivity contribution in [1.82, 2.24) is 4.98 Å². The Bertz CT molecular complexity index is 811. The zero-order chi connectivity index (χ0) is 19.0. The van der Waals surface area contributed by atoms with Crippen LogP contribution in [0.3, 0.4) is 0 Å². The first kappa shape index (κ1) is 18.4. The summed E-state index contributed by atoms with van der Waals surface area (Å²) in [4.78, 5) is 7.03. The Labute approximate surface area is 161 Å². The highest BCUT2D eigenvalue weighted by molar-refractivity contribution is 5.94. The zero-order valence-corrected chi connectivity index (χ0v) is 16.7. The van der Waals surface area contributed by atoms with Gasteiger partial charge in [0.1, 0.15) is 0 Å². The highest BCUT2D eigenvalue weighted by atomic mass is 16.5. The lowest BCUT2D eigenvalue weighted by Gasteiger charge is -2.37. The van der Waals surface area contributed by atoms with Crippen LogP contribution in [0, 0.1) is 11.8 Å². The molecule has 27 heavy (non-hydrogen) atoms. The summed E-state index contributed by atoms with van der Waals surface area (Å²) in [7, 11) is 3.34. The third-order valence-corrected chi connectivity index (χ3v) is 6.53. The van der Waals surface area contributed by atoms with Gasteiger partial charge in [0.25, 0.3) is 0 Å². The summed E-state index contributed by atoms with van der Waals surface area (Å²) < 4.78 is 10.9. The van der Waals surface area contributed by atoms with Gasteiger partial charge in [-0.15, -0.1) is 0 Å². The Balaban J connectivity index is 1.51. The molecular formula is C22H31N3O2. The van der Waals surface area contributed by atoms with Crippen molar-refractivity contribution in [2.75, 3.05) is 32.2 Å². The number of rotatable bonds is 6. The van der Waals surface area contributed by atoms with Crippen molar-refractivity contribution in [2.24, 2.45) is 17.6 Å². The number of benzene rings is 1. The van der Waals surface area contributed by atoms with E-state index in [4.69, 9.17) is 15.2 Å². The van der Waals surface area contributed by atoms with E-state index in [1.807, 2.05) is 12.3 Å². The molecule has 1 saturated heterocycles. The molecule has 146 valence electrons. The van der Waals surface area contributed by atoms with E-state index < -0.39 is 0 Å². The lowest BCUT2D eigenvalue weighted by Crippen LogP contribution is -2.37. The summed E-state index contributed by atoms with van der Waals surface area (Å²) in [5.41, 5.74) is 8.69. The minimum Gasteiger partial charge on any atom is -0.493 e. The van der Waals surface area contributed by atoms with Gasteiger partial charge in [-0.05, 0) is 56.1 Å². The van der Waals surface area contributed by atoms with Crippen LogP contribution >= 0.6 is 0 Å². The van der Waals surface area contributed by atoms with E-state index >= 15 is 0 Å². The third-order valence-electron chi connectivity index (χ3n) is 6.53. The second kappa shape index (κ2) is 7.19. The second-order valence-electron chi connectivity index (χ2n) is 8.42. The van der Waals surface area contributed by atoms with Gasteiger partial charge in [-0.2, -0.15) is 0 Å². The smallest absolute Gasteiger partial charge is 0.162 e. The van der Waals surface area contributed by atoms with Crippen molar-refractivity contribution >= 4 is 16.6 Å². The number of nitrogens with two attached hydrogens (primary N) is 1. The average Bonchev–Trinajstić information content (AvgIpc) is 3.42. The maximum absolute atomic E-state index is 6.35. The molecule has 1 aliphatic heterocycles. The van der Waals surface area contributed by atoms with E-state index in [-0.39, 0.29) is 5.54 Å². The van der Waals surface area contributed by atoms with Crippen molar-refractivity contribution in [3.05, 3.63) is 24.4 Å². The van der Waals surface area contributed by atoms with Gasteiger partial charge in [0, 0.05) is 42.0 Å². The van der Waals surface area contributed by atoms with Crippen LogP contribution in [0.4, 0.5) is 5.69 Å². The lowest BCUT2D eigenvalue weighted by atomic mass is 9.81. The minimum atomic E-state index is 0.160. The molecule has 1 atom stereocenters. The van der Waals surface area contributed by atoms with Crippen molar-refractivity contribution in [3.63, 3.8) is 0 Å². The molecule has 0 radical (unpaired) electrons. The van der Waals surface area contributed by atoms with Crippen LogP contribution in [0.1, 0.15) is 39.0 Å². The zero-order valence-electron chi connectivity index (χ0n) is 16.7. The number of anilines is 1. The van der Waals surface area contributed by atoms with Crippen LogP contribution in [0.2, 0.25) is 0 Å². The number of hydrogen-bond acceptors (Lipinski definition) is 5. The molecule has 2 aromatic rings. The van der Waals surface area contributed by atoms with Crippen molar-refractivity contribution in [1.29, 1.82) is 0 Å². The van der Waals surface area contributed by atoms with Gasteiger partial charge in [0.15, 0.2) is 11.5 Å². The number of methoxy groups -OCH3 is 2. The van der Waals surface area contributed by atoms with Gasteiger partial charge in [-0.25, -0.2) is 0 Å². The fraction of sp³-hybridized carbons (Fsp3) is 0.591. The SMILES string of the molecule is COc1cc2nccc(N3CCC(C(C)CC4(N)CC4)CC3)c2cc1OC. The molecule has 5 nitrogen and oxygen atoms in total. The molecule has 2 heterocycles. The number of piperidine rings is 1. The van der Waals surface area contributed by atoms with Crippen molar-refractivity contribution in [2.45, 2.75) is 44.6 Å². The first-order valence-corrected chi connectivity index (χ1v) is 10.1. The van der Waals surface area contributed by atoms with E-state index in [9.17, 15) is 0 Å². The van der Waals surface area contributed by atoms with Crippen LogP contribution in [0.25, 0.3) is 10.9 Å². The Kier molecular flexibility index (Phi) is 4.89. The molecule has 2 fully saturated rings. The monoisotopic (exact) mass is 369 g/mol. The van der Waals surface area contributed by atoms with Crippen LogP contribution in [0.5, 0.6) is 11.5 Å². The Morgan fingerprint density at radius 2 is 1.85 bits per heavy atom. The predicted molar refractivity (Wildman–Crippen MR) is 110 cm³/mol. The molecule has 1 unspecified atom stereocenters. The number of hydrogen-bond donors (Lipinski definition) is 1. The second-order valence-corrected chi connectivity index (χ2v) is 8.42. The highest BCUT2D eigenvalue weighted by Crippen LogP contribution is 2.42. The predicted octanol–water partition coefficient (Wildman–Crippen LogP) is 3.99. The molecule has 1 aromatic heterocycles. The molecule has 2 N–H and O–H groups in total. The maximum atomic E-state index is 6.35. The summed E-state index contributed by atoms with van der Waals surface area (Å²) >= 11 is 0. The molecule has 4 rings (SSSR count). The van der Waals surface area contributed by atoms with Crippen LogP contribution in [-0.4, -0.2) is 37.8 Å². The first-order valence-electron chi connectivity index (χ1n) is 10.1. The summed E-state index contributed by atoms with van der Waals surface area (Å²) in [6.45, 7) is 4.56. The van der Waals surface area contributed by atoms with Gasteiger partial charge in [-0.3, -0.25) is 4.98 Å². The largest absolute Gasteiger partial charge is 0.493 e. The Morgan fingerprint density at radius 1 is 1.19 bits per heavy atom. The number of fused-ring (bicyclic) bond motifs is 1. The Hall–Kier alpha value is -2.01. The molecule has 1 saturated carbocycles.